The molecule has 0 spiro atoms. The van der Waals surface area contributed by atoms with Gasteiger partial charge in [0.05, 0.1) is 4.47 Å². The molecular weight excluding hydrogens is 377 g/mol. The van der Waals surface area contributed by atoms with E-state index >= 15 is 0 Å². The molecule has 0 bridgehead atoms. The lowest BCUT2D eigenvalue weighted by molar-refractivity contribution is 0.461. The first kappa shape index (κ1) is 14.5. The van der Waals surface area contributed by atoms with Gasteiger partial charge < -0.3 is 10.1 Å². The summed E-state index contributed by atoms with van der Waals surface area (Å²) in [6.45, 7) is 0.413. The Balaban J connectivity index is 2.35. The summed E-state index contributed by atoms with van der Waals surface area (Å²) in [6.07, 6.45) is 0. The molecule has 0 aromatic heterocycles. The lowest BCUT2D eigenvalue weighted by atomic mass is 10.2. The van der Waals surface area contributed by atoms with Crippen molar-refractivity contribution >= 4 is 31.9 Å². The summed E-state index contributed by atoms with van der Waals surface area (Å²) in [5.74, 6) is 0.878. The molecule has 0 fully saturated rings. The maximum Gasteiger partial charge on any atom is 0.141 e. The van der Waals surface area contributed by atoms with Crippen LogP contribution >= 0.6 is 31.9 Å². The average molecular weight is 389 g/mol. The number of benzene rings is 2. The Morgan fingerprint density at radius 1 is 1.16 bits per heavy atom. The summed E-state index contributed by atoms with van der Waals surface area (Å²) >= 11 is 6.80. The fraction of sp³-hybridized carbons (Fsp3) is 0.143. The van der Waals surface area contributed by atoms with Gasteiger partial charge >= 0.3 is 0 Å². The van der Waals surface area contributed by atoms with E-state index in [0.717, 1.165) is 8.95 Å². The largest absolute Gasteiger partial charge is 0.456 e. The lowest BCUT2D eigenvalue weighted by Crippen LogP contribution is -2.08. The summed E-state index contributed by atoms with van der Waals surface area (Å²) in [5, 5.41) is 2.94. The molecule has 5 heteroatoms. The number of halogens is 3. The van der Waals surface area contributed by atoms with Gasteiger partial charge in [0.15, 0.2) is 0 Å². The van der Waals surface area contributed by atoms with Crippen LogP contribution in [0.3, 0.4) is 0 Å². The van der Waals surface area contributed by atoms with Crippen LogP contribution in [0, 0.1) is 5.82 Å². The van der Waals surface area contributed by atoms with Crippen LogP contribution < -0.4 is 10.1 Å². The third-order valence-electron chi connectivity index (χ3n) is 2.54. The van der Waals surface area contributed by atoms with E-state index in [9.17, 15) is 4.39 Å². The molecule has 0 aliphatic carbocycles. The van der Waals surface area contributed by atoms with E-state index < -0.39 is 0 Å². The molecule has 100 valence electrons. The second-order valence-electron chi connectivity index (χ2n) is 3.92. The van der Waals surface area contributed by atoms with Crippen molar-refractivity contribution in [3.05, 3.63) is 56.7 Å². The minimum absolute atomic E-state index is 0.278. The molecule has 2 aromatic rings. The van der Waals surface area contributed by atoms with Gasteiger partial charge in [-0.1, -0.05) is 22.0 Å². The van der Waals surface area contributed by atoms with Gasteiger partial charge in [0.25, 0.3) is 0 Å². The van der Waals surface area contributed by atoms with Crippen molar-refractivity contribution in [1.29, 1.82) is 0 Å². The lowest BCUT2D eigenvalue weighted by Gasteiger charge is -2.13. The zero-order chi connectivity index (χ0) is 13.8. The van der Waals surface area contributed by atoms with E-state index in [4.69, 9.17) is 4.74 Å². The van der Waals surface area contributed by atoms with Gasteiger partial charge in [-0.25, -0.2) is 4.39 Å². The molecule has 0 radical (unpaired) electrons. The van der Waals surface area contributed by atoms with Crippen molar-refractivity contribution in [3.63, 3.8) is 0 Å². The minimum Gasteiger partial charge on any atom is -0.456 e. The van der Waals surface area contributed by atoms with Crippen LogP contribution in [-0.4, -0.2) is 7.05 Å². The number of nitrogens with one attached hydrogen (secondary N) is 1. The molecule has 1 N–H and O–H groups in total. The van der Waals surface area contributed by atoms with Crippen LogP contribution in [0.5, 0.6) is 11.5 Å². The first-order chi connectivity index (χ1) is 9.11. The maximum absolute atomic E-state index is 13.8. The highest BCUT2D eigenvalue weighted by atomic mass is 79.9. The predicted octanol–water partition coefficient (Wildman–Crippen LogP) is 4.86. The second kappa shape index (κ2) is 6.50. The van der Waals surface area contributed by atoms with E-state index in [1.54, 1.807) is 19.2 Å². The predicted molar refractivity (Wildman–Crippen MR) is 81.1 cm³/mol. The van der Waals surface area contributed by atoms with E-state index in [2.05, 4.69) is 37.2 Å². The van der Waals surface area contributed by atoms with Crippen molar-refractivity contribution in [1.82, 2.24) is 5.32 Å². The van der Waals surface area contributed by atoms with Crippen molar-refractivity contribution in [2.75, 3.05) is 7.05 Å². The topological polar surface area (TPSA) is 21.3 Å². The Morgan fingerprint density at radius 3 is 2.63 bits per heavy atom. The number of rotatable bonds is 4. The standard InChI is InChI=1S/C14H12Br2FNO/c1-18-8-10-12(17)3-2-4-13(10)19-14-6-5-9(15)7-11(14)16/h2-7,18H,8H2,1H3. The summed E-state index contributed by atoms with van der Waals surface area (Å²) in [5.41, 5.74) is 0.514. The third-order valence-corrected chi connectivity index (χ3v) is 3.66. The highest BCUT2D eigenvalue weighted by Gasteiger charge is 2.11. The molecule has 2 aromatic carbocycles. The minimum atomic E-state index is -0.278. The second-order valence-corrected chi connectivity index (χ2v) is 5.69. The smallest absolute Gasteiger partial charge is 0.141 e. The Morgan fingerprint density at radius 2 is 1.95 bits per heavy atom. The van der Waals surface area contributed by atoms with E-state index in [-0.39, 0.29) is 5.82 Å². The van der Waals surface area contributed by atoms with Crippen LogP contribution in [0.25, 0.3) is 0 Å². The van der Waals surface area contributed by atoms with Gasteiger partial charge in [-0.15, -0.1) is 0 Å². The Labute approximate surface area is 128 Å². The van der Waals surface area contributed by atoms with E-state index in [1.165, 1.54) is 6.07 Å². The number of hydrogen-bond acceptors (Lipinski definition) is 2. The maximum atomic E-state index is 13.8. The van der Waals surface area contributed by atoms with Gasteiger partial charge in [-0.05, 0) is 53.3 Å². The molecule has 2 nitrogen and oxygen atoms in total. The fourth-order valence-electron chi connectivity index (χ4n) is 1.66. The van der Waals surface area contributed by atoms with Crippen molar-refractivity contribution in [3.8, 4) is 11.5 Å². The van der Waals surface area contributed by atoms with Crippen molar-refractivity contribution in [2.24, 2.45) is 0 Å². The Kier molecular flexibility index (Phi) is 4.96. The van der Waals surface area contributed by atoms with Gasteiger partial charge in [0.2, 0.25) is 0 Å². The van der Waals surface area contributed by atoms with Crippen LogP contribution in [-0.2, 0) is 6.54 Å². The first-order valence-corrected chi connectivity index (χ1v) is 7.25. The zero-order valence-electron chi connectivity index (χ0n) is 10.2. The molecule has 0 unspecified atom stereocenters. The molecule has 0 aliphatic heterocycles. The molecule has 19 heavy (non-hydrogen) atoms. The summed E-state index contributed by atoms with van der Waals surface area (Å²) in [7, 11) is 1.77. The normalized spacial score (nSPS) is 10.5. The van der Waals surface area contributed by atoms with Crippen LogP contribution in [0.4, 0.5) is 4.39 Å². The number of ether oxygens (including phenoxy) is 1. The van der Waals surface area contributed by atoms with Gasteiger partial charge in [-0.3, -0.25) is 0 Å². The molecule has 0 saturated carbocycles. The van der Waals surface area contributed by atoms with Crippen LogP contribution in [0.15, 0.2) is 45.3 Å². The van der Waals surface area contributed by atoms with Gasteiger partial charge in [0.1, 0.15) is 17.3 Å². The monoisotopic (exact) mass is 387 g/mol. The molecule has 0 aliphatic rings. The highest BCUT2D eigenvalue weighted by Crippen LogP contribution is 2.34. The van der Waals surface area contributed by atoms with Crippen LogP contribution in [0.1, 0.15) is 5.56 Å². The summed E-state index contributed by atoms with van der Waals surface area (Å²) < 4.78 is 21.3. The van der Waals surface area contributed by atoms with Gasteiger partial charge in [0, 0.05) is 16.6 Å². The van der Waals surface area contributed by atoms with E-state index in [0.29, 0.717) is 23.6 Å². The highest BCUT2D eigenvalue weighted by molar-refractivity contribution is 9.11. The van der Waals surface area contributed by atoms with Crippen LogP contribution in [0.2, 0.25) is 0 Å². The SMILES string of the molecule is CNCc1c(F)cccc1Oc1ccc(Br)cc1Br. The quantitative estimate of drug-likeness (QED) is 0.807. The summed E-state index contributed by atoms with van der Waals surface area (Å²) in [6, 6.07) is 10.4. The summed E-state index contributed by atoms with van der Waals surface area (Å²) in [4.78, 5) is 0. The molecule has 2 rings (SSSR count). The fourth-order valence-corrected chi connectivity index (χ4v) is 2.79. The Hall–Kier alpha value is -0.910. The molecule has 0 amide bonds. The molecule has 0 atom stereocenters. The van der Waals surface area contributed by atoms with E-state index in [1.807, 2.05) is 18.2 Å². The van der Waals surface area contributed by atoms with Crippen molar-refractivity contribution < 1.29 is 9.13 Å². The average Bonchev–Trinajstić information content (AvgIpc) is 2.37. The number of hydrogen-bond donors (Lipinski definition) is 1. The molecule has 0 heterocycles. The first-order valence-electron chi connectivity index (χ1n) is 5.66. The third kappa shape index (κ3) is 3.55. The zero-order valence-corrected chi connectivity index (χ0v) is 13.4. The van der Waals surface area contributed by atoms with Gasteiger partial charge in [-0.2, -0.15) is 0 Å². The molecular formula is C14H12Br2FNO. The van der Waals surface area contributed by atoms with Crippen molar-refractivity contribution in [2.45, 2.75) is 6.54 Å². The Bertz CT molecular complexity index is 590. The molecule has 0 saturated heterocycles.